The Morgan fingerprint density at radius 3 is 2.81 bits per heavy atom. The molecule has 0 saturated heterocycles. The Morgan fingerprint density at radius 2 is 2.25 bits per heavy atom. The van der Waals surface area contributed by atoms with Crippen LogP contribution in [-0.2, 0) is 11.2 Å². The molecule has 0 radical (unpaired) electrons. The SMILES string of the molecule is CCC(C)n1cccc(CCC(=O)Cl)c1=O. The number of nitrogens with zero attached hydrogens (tertiary/aromatic N) is 1. The Balaban J connectivity index is 2.95. The summed E-state index contributed by atoms with van der Waals surface area (Å²) in [5, 5.41) is -0.404. The maximum absolute atomic E-state index is 12.0. The lowest BCUT2D eigenvalue weighted by atomic mass is 10.1. The number of halogens is 1. The van der Waals surface area contributed by atoms with Crippen LogP contribution in [0.2, 0.25) is 0 Å². The summed E-state index contributed by atoms with van der Waals surface area (Å²) < 4.78 is 1.70. The smallest absolute Gasteiger partial charge is 0.253 e. The number of carbonyl (C=O) groups is 1. The van der Waals surface area contributed by atoms with Gasteiger partial charge in [-0.1, -0.05) is 13.0 Å². The number of hydrogen-bond acceptors (Lipinski definition) is 2. The van der Waals surface area contributed by atoms with E-state index in [9.17, 15) is 9.59 Å². The Kier molecular flexibility index (Phi) is 4.74. The molecule has 1 aromatic rings. The van der Waals surface area contributed by atoms with Crippen molar-refractivity contribution in [2.24, 2.45) is 0 Å². The molecular formula is C12H16ClNO2. The lowest BCUT2D eigenvalue weighted by Gasteiger charge is -2.13. The van der Waals surface area contributed by atoms with Gasteiger partial charge in [-0.05, 0) is 37.4 Å². The molecule has 88 valence electrons. The largest absolute Gasteiger partial charge is 0.313 e. The van der Waals surface area contributed by atoms with Gasteiger partial charge in [0.25, 0.3) is 5.56 Å². The molecule has 0 saturated carbocycles. The molecule has 1 atom stereocenters. The van der Waals surface area contributed by atoms with E-state index in [4.69, 9.17) is 11.6 Å². The van der Waals surface area contributed by atoms with Crippen LogP contribution in [0.1, 0.15) is 38.3 Å². The molecule has 0 bridgehead atoms. The zero-order valence-electron chi connectivity index (χ0n) is 9.57. The molecule has 4 heteroatoms. The lowest BCUT2D eigenvalue weighted by molar-refractivity contribution is -0.111. The average Bonchev–Trinajstić information content (AvgIpc) is 2.26. The fourth-order valence-corrected chi connectivity index (χ4v) is 1.62. The van der Waals surface area contributed by atoms with Gasteiger partial charge in [-0.2, -0.15) is 0 Å². The maximum Gasteiger partial charge on any atom is 0.253 e. The number of pyridine rings is 1. The molecule has 1 aromatic heterocycles. The Morgan fingerprint density at radius 1 is 1.56 bits per heavy atom. The Hall–Kier alpha value is -1.09. The third-order valence-electron chi connectivity index (χ3n) is 2.71. The molecule has 0 aliphatic carbocycles. The maximum atomic E-state index is 12.0. The van der Waals surface area contributed by atoms with Crippen molar-refractivity contribution in [3.05, 3.63) is 34.2 Å². The summed E-state index contributed by atoms with van der Waals surface area (Å²) in [7, 11) is 0. The molecule has 0 aromatic carbocycles. The van der Waals surface area contributed by atoms with E-state index in [-0.39, 0.29) is 18.0 Å². The summed E-state index contributed by atoms with van der Waals surface area (Å²) in [4.78, 5) is 22.7. The first-order valence-electron chi connectivity index (χ1n) is 5.44. The van der Waals surface area contributed by atoms with E-state index >= 15 is 0 Å². The van der Waals surface area contributed by atoms with Gasteiger partial charge < -0.3 is 4.57 Å². The van der Waals surface area contributed by atoms with Crippen molar-refractivity contribution in [1.82, 2.24) is 4.57 Å². The van der Waals surface area contributed by atoms with Gasteiger partial charge >= 0.3 is 0 Å². The molecule has 1 unspecified atom stereocenters. The van der Waals surface area contributed by atoms with E-state index in [1.54, 1.807) is 16.8 Å². The van der Waals surface area contributed by atoms with Crippen molar-refractivity contribution in [3.8, 4) is 0 Å². The predicted molar refractivity (Wildman–Crippen MR) is 64.9 cm³/mol. The first kappa shape index (κ1) is 13.0. The normalized spacial score (nSPS) is 12.4. The summed E-state index contributed by atoms with van der Waals surface area (Å²) >= 11 is 5.26. The first-order valence-corrected chi connectivity index (χ1v) is 5.82. The van der Waals surface area contributed by atoms with Gasteiger partial charge in [0.1, 0.15) is 0 Å². The third-order valence-corrected chi connectivity index (χ3v) is 2.90. The molecule has 3 nitrogen and oxygen atoms in total. The molecule has 16 heavy (non-hydrogen) atoms. The van der Waals surface area contributed by atoms with Gasteiger partial charge in [0.05, 0.1) is 0 Å². The molecule has 0 N–H and O–H groups in total. The molecule has 0 aliphatic heterocycles. The highest BCUT2D eigenvalue weighted by molar-refractivity contribution is 6.63. The summed E-state index contributed by atoms with van der Waals surface area (Å²) in [6, 6.07) is 3.77. The standard InChI is InChI=1S/C12H16ClNO2/c1-3-9(2)14-8-4-5-10(12(14)16)6-7-11(13)15/h4-5,8-9H,3,6-7H2,1-2H3. The van der Waals surface area contributed by atoms with Crippen molar-refractivity contribution in [2.45, 2.75) is 39.2 Å². The molecule has 0 amide bonds. The Labute approximate surface area is 100 Å². The van der Waals surface area contributed by atoms with Gasteiger partial charge in [0, 0.05) is 24.2 Å². The van der Waals surface area contributed by atoms with E-state index < -0.39 is 5.24 Å². The van der Waals surface area contributed by atoms with Crippen molar-refractivity contribution in [3.63, 3.8) is 0 Å². The summed E-state index contributed by atoms with van der Waals surface area (Å²) in [5.41, 5.74) is 0.631. The highest BCUT2D eigenvalue weighted by Gasteiger charge is 2.08. The van der Waals surface area contributed by atoms with Crippen LogP contribution in [0.5, 0.6) is 0 Å². The van der Waals surface area contributed by atoms with Crippen LogP contribution in [-0.4, -0.2) is 9.81 Å². The quantitative estimate of drug-likeness (QED) is 0.743. The number of aryl methyl sites for hydroxylation is 1. The van der Waals surface area contributed by atoms with E-state index in [0.29, 0.717) is 12.0 Å². The van der Waals surface area contributed by atoms with E-state index in [1.807, 2.05) is 19.9 Å². The van der Waals surface area contributed by atoms with Crippen LogP contribution in [0.4, 0.5) is 0 Å². The monoisotopic (exact) mass is 241 g/mol. The highest BCUT2D eigenvalue weighted by Crippen LogP contribution is 2.08. The highest BCUT2D eigenvalue weighted by atomic mass is 35.5. The minimum atomic E-state index is -0.404. The molecule has 1 rings (SSSR count). The van der Waals surface area contributed by atoms with Crippen LogP contribution in [0.3, 0.4) is 0 Å². The zero-order chi connectivity index (χ0) is 12.1. The van der Waals surface area contributed by atoms with Crippen molar-refractivity contribution >= 4 is 16.8 Å². The molecule has 0 aliphatic rings. The topological polar surface area (TPSA) is 39.1 Å². The fourth-order valence-electron chi connectivity index (χ4n) is 1.52. The van der Waals surface area contributed by atoms with Crippen LogP contribution in [0, 0.1) is 0 Å². The molecule has 0 fully saturated rings. The van der Waals surface area contributed by atoms with Crippen molar-refractivity contribution in [2.75, 3.05) is 0 Å². The lowest BCUT2D eigenvalue weighted by Crippen LogP contribution is -2.25. The first-order chi connectivity index (χ1) is 7.56. The number of rotatable bonds is 5. The molecular weight excluding hydrogens is 226 g/mol. The molecule has 1 heterocycles. The predicted octanol–water partition coefficient (Wildman–Crippen LogP) is 2.52. The number of aromatic nitrogens is 1. The van der Waals surface area contributed by atoms with Crippen LogP contribution >= 0.6 is 11.6 Å². The van der Waals surface area contributed by atoms with E-state index in [1.165, 1.54) is 0 Å². The van der Waals surface area contributed by atoms with Crippen molar-refractivity contribution < 1.29 is 4.79 Å². The van der Waals surface area contributed by atoms with Gasteiger partial charge in [0.2, 0.25) is 5.24 Å². The van der Waals surface area contributed by atoms with Gasteiger partial charge in [-0.3, -0.25) is 9.59 Å². The van der Waals surface area contributed by atoms with Crippen LogP contribution in [0.25, 0.3) is 0 Å². The second-order valence-electron chi connectivity index (χ2n) is 3.86. The second kappa shape index (κ2) is 5.85. The third kappa shape index (κ3) is 3.20. The van der Waals surface area contributed by atoms with E-state index in [0.717, 1.165) is 6.42 Å². The van der Waals surface area contributed by atoms with Crippen LogP contribution in [0.15, 0.2) is 23.1 Å². The minimum Gasteiger partial charge on any atom is -0.313 e. The van der Waals surface area contributed by atoms with Crippen LogP contribution < -0.4 is 5.56 Å². The number of carbonyl (C=O) groups excluding carboxylic acids is 1. The number of hydrogen-bond donors (Lipinski definition) is 0. The second-order valence-corrected chi connectivity index (χ2v) is 4.28. The minimum absolute atomic E-state index is 0.0187. The zero-order valence-corrected chi connectivity index (χ0v) is 10.3. The van der Waals surface area contributed by atoms with E-state index in [2.05, 4.69) is 0 Å². The average molecular weight is 242 g/mol. The van der Waals surface area contributed by atoms with Gasteiger partial charge in [-0.25, -0.2) is 0 Å². The van der Waals surface area contributed by atoms with Gasteiger partial charge in [-0.15, -0.1) is 0 Å². The molecule has 0 spiro atoms. The summed E-state index contributed by atoms with van der Waals surface area (Å²) in [6.07, 6.45) is 3.31. The summed E-state index contributed by atoms with van der Waals surface area (Å²) in [6.45, 7) is 4.03. The summed E-state index contributed by atoms with van der Waals surface area (Å²) in [5.74, 6) is 0. The van der Waals surface area contributed by atoms with Gasteiger partial charge in [0.15, 0.2) is 0 Å². The van der Waals surface area contributed by atoms with Crippen molar-refractivity contribution in [1.29, 1.82) is 0 Å². The fraction of sp³-hybridized carbons (Fsp3) is 0.500. The Bertz CT molecular complexity index is 425.